The molecule has 2 aliphatic carbocycles. The lowest BCUT2D eigenvalue weighted by Gasteiger charge is -2.34. The number of furan rings is 1. The molecule has 2 N–H and O–H groups in total. The zero-order valence-corrected chi connectivity index (χ0v) is 16.1. The van der Waals surface area contributed by atoms with Crippen LogP contribution in [0, 0.1) is 18.3 Å². The summed E-state index contributed by atoms with van der Waals surface area (Å²) in [4.78, 5) is 24.8. The summed E-state index contributed by atoms with van der Waals surface area (Å²) in [5.74, 6) is 1.89. The maximum atomic E-state index is 12.9. The van der Waals surface area contributed by atoms with E-state index in [1.807, 2.05) is 19.1 Å². The highest BCUT2D eigenvalue weighted by atomic mass is 16.3. The Morgan fingerprint density at radius 2 is 1.96 bits per heavy atom. The van der Waals surface area contributed by atoms with Crippen LogP contribution in [0.5, 0.6) is 0 Å². The summed E-state index contributed by atoms with van der Waals surface area (Å²) in [6, 6.07) is 9.09. The van der Waals surface area contributed by atoms with Crippen molar-refractivity contribution in [3.05, 3.63) is 53.0 Å². The smallest absolute Gasteiger partial charge is 0.251 e. The standard InChI is InChI=1S/C22H26N2O3/c1-13-9-17-18(11-22(2,3)12-19(17)27-13)24-21(26)15-5-4-6-16(10-15)23-20(25)14-7-8-14/h4-6,9-10,14,18H,7-8,11-12H2,1-3H3,(H,23,25)(H,24,26). The number of benzene rings is 1. The van der Waals surface area contributed by atoms with Crippen molar-refractivity contribution >= 4 is 17.5 Å². The molecule has 0 aliphatic heterocycles. The van der Waals surface area contributed by atoms with Crippen molar-refractivity contribution in [1.82, 2.24) is 5.32 Å². The van der Waals surface area contributed by atoms with Crippen molar-refractivity contribution in [2.45, 2.75) is 52.5 Å². The van der Waals surface area contributed by atoms with E-state index in [1.165, 1.54) is 0 Å². The molecule has 2 aliphatic rings. The van der Waals surface area contributed by atoms with Crippen LogP contribution < -0.4 is 10.6 Å². The number of amides is 2. The number of anilines is 1. The van der Waals surface area contributed by atoms with Crippen molar-refractivity contribution < 1.29 is 14.0 Å². The van der Waals surface area contributed by atoms with Crippen LogP contribution in [0.3, 0.4) is 0 Å². The molecular weight excluding hydrogens is 340 g/mol. The second-order valence-corrected chi connectivity index (χ2v) is 8.65. The number of hydrogen-bond donors (Lipinski definition) is 2. The molecule has 2 amide bonds. The van der Waals surface area contributed by atoms with Gasteiger partial charge in [-0.15, -0.1) is 0 Å². The Hall–Kier alpha value is -2.56. The van der Waals surface area contributed by atoms with Crippen LogP contribution in [0.4, 0.5) is 5.69 Å². The molecular formula is C22H26N2O3. The molecule has 1 atom stereocenters. The van der Waals surface area contributed by atoms with Crippen LogP contribution in [-0.4, -0.2) is 11.8 Å². The largest absolute Gasteiger partial charge is 0.466 e. The van der Waals surface area contributed by atoms with E-state index in [4.69, 9.17) is 4.42 Å². The topological polar surface area (TPSA) is 71.3 Å². The highest BCUT2D eigenvalue weighted by Crippen LogP contribution is 2.42. The van der Waals surface area contributed by atoms with E-state index >= 15 is 0 Å². The third-order valence-corrected chi connectivity index (χ3v) is 5.38. The van der Waals surface area contributed by atoms with E-state index in [0.29, 0.717) is 11.3 Å². The van der Waals surface area contributed by atoms with Crippen molar-refractivity contribution in [2.24, 2.45) is 11.3 Å². The van der Waals surface area contributed by atoms with Gasteiger partial charge in [-0.25, -0.2) is 0 Å². The molecule has 142 valence electrons. The van der Waals surface area contributed by atoms with Crippen molar-refractivity contribution in [3.63, 3.8) is 0 Å². The van der Waals surface area contributed by atoms with Gasteiger partial charge in [0.05, 0.1) is 6.04 Å². The molecule has 1 heterocycles. The Labute approximate surface area is 159 Å². The Bertz CT molecular complexity index is 893. The summed E-state index contributed by atoms with van der Waals surface area (Å²) in [5, 5.41) is 6.07. The number of carbonyl (C=O) groups excluding carboxylic acids is 2. The van der Waals surface area contributed by atoms with E-state index in [-0.39, 0.29) is 29.2 Å². The summed E-state index contributed by atoms with van der Waals surface area (Å²) in [6.45, 7) is 6.33. The van der Waals surface area contributed by atoms with Gasteiger partial charge in [0, 0.05) is 29.2 Å². The summed E-state index contributed by atoms with van der Waals surface area (Å²) < 4.78 is 5.85. The van der Waals surface area contributed by atoms with Gasteiger partial charge in [0.15, 0.2) is 0 Å². The Morgan fingerprint density at radius 1 is 1.19 bits per heavy atom. The van der Waals surface area contributed by atoms with Crippen molar-refractivity contribution in [3.8, 4) is 0 Å². The fourth-order valence-corrected chi connectivity index (χ4v) is 3.88. The number of carbonyl (C=O) groups is 2. The van der Waals surface area contributed by atoms with Gasteiger partial charge in [-0.3, -0.25) is 9.59 Å². The number of fused-ring (bicyclic) bond motifs is 1. The molecule has 1 fully saturated rings. The van der Waals surface area contributed by atoms with E-state index in [9.17, 15) is 9.59 Å². The monoisotopic (exact) mass is 366 g/mol. The van der Waals surface area contributed by atoms with Gasteiger partial charge in [0.25, 0.3) is 5.91 Å². The maximum Gasteiger partial charge on any atom is 0.251 e. The van der Waals surface area contributed by atoms with E-state index in [2.05, 4.69) is 24.5 Å². The molecule has 4 rings (SSSR count). The Balaban J connectivity index is 1.51. The summed E-state index contributed by atoms with van der Waals surface area (Å²) >= 11 is 0. The molecule has 0 radical (unpaired) electrons. The lowest BCUT2D eigenvalue weighted by Crippen LogP contribution is -2.36. The first-order valence-corrected chi connectivity index (χ1v) is 9.62. The van der Waals surface area contributed by atoms with Crippen LogP contribution in [0.1, 0.15) is 66.6 Å². The molecule has 0 saturated heterocycles. The average Bonchev–Trinajstić information content (AvgIpc) is 3.37. The minimum atomic E-state index is -0.134. The lowest BCUT2D eigenvalue weighted by atomic mass is 9.74. The summed E-state index contributed by atoms with van der Waals surface area (Å²) in [5.41, 5.74) is 2.37. The Morgan fingerprint density at radius 3 is 2.70 bits per heavy atom. The third-order valence-electron chi connectivity index (χ3n) is 5.38. The SMILES string of the molecule is Cc1cc2c(o1)CC(C)(C)CC2NC(=O)c1cccc(NC(=O)C2CC2)c1. The quantitative estimate of drug-likeness (QED) is 0.843. The maximum absolute atomic E-state index is 12.9. The van der Waals surface area contributed by atoms with Gasteiger partial charge in [0.2, 0.25) is 5.91 Å². The van der Waals surface area contributed by atoms with Gasteiger partial charge < -0.3 is 15.1 Å². The van der Waals surface area contributed by atoms with Gasteiger partial charge >= 0.3 is 0 Å². The molecule has 1 aromatic carbocycles. The van der Waals surface area contributed by atoms with Crippen LogP contribution in [0.2, 0.25) is 0 Å². The fraction of sp³-hybridized carbons (Fsp3) is 0.455. The first-order chi connectivity index (χ1) is 12.8. The minimum absolute atomic E-state index is 0.0418. The van der Waals surface area contributed by atoms with E-state index in [0.717, 1.165) is 42.8 Å². The molecule has 2 aromatic rings. The van der Waals surface area contributed by atoms with Gasteiger partial charge in [-0.05, 0) is 55.9 Å². The van der Waals surface area contributed by atoms with Crippen molar-refractivity contribution in [1.29, 1.82) is 0 Å². The first-order valence-electron chi connectivity index (χ1n) is 9.62. The number of nitrogens with one attached hydrogen (secondary N) is 2. The van der Waals surface area contributed by atoms with Gasteiger partial charge in [0.1, 0.15) is 11.5 Å². The number of hydrogen-bond acceptors (Lipinski definition) is 3. The summed E-state index contributed by atoms with van der Waals surface area (Å²) in [7, 11) is 0. The molecule has 27 heavy (non-hydrogen) atoms. The van der Waals surface area contributed by atoms with Gasteiger partial charge in [-0.2, -0.15) is 0 Å². The second kappa shape index (κ2) is 6.55. The molecule has 5 nitrogen and oxygen atoms in total. The normalized spacial score (nSPS) is 20.6. The molecule has 1 saturated carbocycles. The highest BCUT2D eigenvalue weighted by molar-refractivity contribution is 5.98. The second-order valence-electron chi connectivity index (χ2n) is 8.65. The van der Waals surface area contributed by atoms with Crippen LogP contribution in [0.25, 0.3) is 0 Å². The molecule has 0 bridgehead atoms. The fourth-order valence-electron chi connectivity index (χ4n) is 3.88. The predicted octanol–water partition coefficient (Wildman–Crippen LogP) is 4.38. The molecule has 1 unspecified atom stereocenters. The molecule has 5 heteroatoms. The highest BCUT2D eigenvalue weighted by Gasteiger charge is 2.35. The Kier molecular flexibility index (Phi) is 4.33. The zero-order chi connectivity index (χ0) is 19.2. The lowest BCUT2D eigenvalue weighted by molar-refractivity contribution is -0.117. The zero-order valence-electron chi connectivity index (χ0n) is 16.1. The number of rotatable bonds is 4. The molecule has 1 aromatic heterocycles. The first kappa shape index (κ1) is 17.8. The third kappa shape index (κ3) is 3.92. The summed E-state index contributed by atoms with van der Waals surface area (Å²) in [6.07, 6.45) is 3.65. The van der Waals surface area contributed by atoms with Gasteiger partial charge in [-0.1, -0.05) is 19.9 Å². The van der Waals surface area contributed by atoms with Crippen LogP contribution in [-0.2, 0) is 11.2 Å². The predicted molar refractivity (Wildman–Crippen MR) is 104 cm³/mol. The molecule has 0 spiro atoms. The van der Waals surface area contributed by atoms with Crippen molar-refractivity contribution in [2.75, 3.05) is 5.32 Å². The average molecular weight is 366 g/mol. The minimum Gasteiger partial charge on any atom is -0.466 e. The number of aryl methyl sites for hydroxylation is 1. The van der Waals surface area contributed by atoms with E-state index in [1.54, 1.807) is 18.2 Å². The van der Waals surface area contributed by atoms with E-state index < -0.39 is 0 Å². The van der Waals surface area contributed by atoms with Crippen LogP contribution >= 0.6 is 0 Å². The van der Waals surface area contributed by atoms with Crippen LogP contribution in [0.15, 0.2) is 34.7 Å².